The number of aromatic nitrogens is 3. The average molecular weight is 286 g/mol. The molecule has 5 nitrogen and oxygen atoms in total. The second-order valence-electron chi connectivity index (χ2n) is 5.63. The van der Waals surface area contributed by atoms with Crippen LogP contribution in [0.4, 0.5) is 0 Å². The zero-order valence-corrected chi connectivity index (χ0v) is 12.5. The van der Waals surface area contributed by atoms with Gasteiger partial charge in [0, 0.05) is 56.5 Å². The second kappa shape index (κ2) is 6.83. The molecule has 1 unspecified atom stereocenters. The van der Waals surface area contributed by atoms with Crippen molar-refractivity contribution < 1.29 is 4.74 Å². The first-order chi connectivity index (χ1) is 10.3. The molecule has 2 aromatic rings. The minimum absolute atomic E-state index is 0.636. The first-order valence-electron chi connectivity index (χ1n) is 7.54. The molecule has 2 aromatic heterocycles. The summed E-state index contributed by atoms with van der Waals surface area (Å²) in [4.78, 5) is 4.18. The molecule has 0 amide bonds. The van der Waals surface area contributed by atoms with Crippen LogP contribution in [0.1, 0.15) is 18.4 Å². The molecule has 0 aliphatic carbocycles. The van der Waals surface area contributed by atoms with Crippen LogP contribution in [0.2, 0.25) is 0 Å². The Bertz CT molecular complexity index is 561. The first kappa shape index (κ1) is 14.2. The molecule has 3 heterocycles. The van der Waals surface area contributed by atoms with Crippen molar-refractivity contribution in [3.8, 4) is 11.3 Å². The van der Waals surface area contributed by atoms with Crippen LogP contribution in [-0.4, -0.2) is 34.5 Å². The van der Waals surface area contributed by atoms with Crippen LogP contribution < -0.4 is 5.32 Å². The Hall–Kier alpha value is -1.72. The summed E-state index contributed by atoms with van der Waals surface area (Å²) in [5, 5.41) is 8.10. The summed E-state index contributed by atoms with van der Waals surface area (Å²) in [5.41, 5.74) is 3.29. The Morgan fingerprint density at radius 3 is 3.19 bits per heavy atom. The number of aryl methyl sites for hydroxylation is 1. The van der Waals surface area contributed by atoms with E-state index >= 15 is 0 Å². The lowest BCUT2D eigenvalue weighted by Gasteiger charge is -2.22. The molecule has 1 fully saturated rings. The molecular weight excluding hydrogens is 264 g/mol. The van der Waals surface area contributed by atoms with E-state index in [-0.39, 0.29) is 0 Å². The fraction of sp³-hybridized carbons (Fsp3) is 0.500. The fourth-order valence-electron chi connectivity index (χ4n) is 2.79. The van der Waals surface area contributed by atoms with Crippen molar-refractivity contribution in [1.82, 2.24) is 20.1 Å². The predicted molar refractivity (Wildman–Crippen MR) is 81.7 cm³/mol. The van der Waals surface area contributed by atoms with E-state index in [1.54, 1.807) is 6.20 Å². The summed E-state index contributed by atoms with van der Waals surface area (Å²) in [6, 6.07) is 3.99. The van der Waals surface area contributed by atoms with Gasteiger partial charge in [-0.3, -0.25) is 9.67 Å². The minimum Gasteiger partial charge on any atom is -0.381 e. The number of hydrogen-bond acceptors (Lipinski definition) is 4. The molecule has 1 aliphatic heterocycles. The molecule has 1 saturated heterocycles. The molecular formula is C16H22N4O. The van der Waals surface area contributed by atoms with Crippen LogP contribution in [0.5, 0.6) is 0 Å². The molecule has 112 valence electrons. The quantitative estimate of drug-likeness (QED) is 0.913. The second-order valence-corrected chi connectivity index (χ2v) is 5.63. The van der Waals surface area contributed by atoms with Gasteiger partial charge in [0.05, 0.1) is 12.3 Å². The van der Waals surface area contributed by atoms with Gasteiger partial charge in [-0.2, -0.15) is 5.10 Å². The molecule has 3 rings (SSSR count). The topological polar surface area (TPSA) is 52.0 Å². The highest BCUT2D eigenvalue weighted by Gasteiger charge is 2.14. The van der Waals surface area contributed by atoms with Gasteiger partial charge in [0.1, 0.15) is 0 Å². The van der Waals surface area contributed by atoms with Gasteiger partial charge < -0.3 is 10.1 Å². The summed E-state index contributed by atoms with van der Waals surface area (Å²) < 4.78 is 7.38. The third kappa shape index (κ3) is 3.68. The van der Waals surface area contributed by atoms with Gasteiger partial charge in [0.2, 0.25) is 0 Å². The molecule has 5 heteroatoms. The lowest BCUT2D eigenvalue weighted by molar-refractivity contribution is 0.0547. The maximum Gasteiger partial charge on any atom is 0.0983 e. The van der Waals surface area contributed by atoms with Crippen molar-refractivity contribution in [1.29, 1.82) is 0 Å². The monoisotopic (exact) mass is 286 g/mol. The Kier molecular flexibility index (Phi) is 4.62. The van der Waals surface area contributed by atoms with Crippen molar-refractivity contribution in [2.45, 2.75) is 19.4 Å². The molecule has 0 aromatic carbocycles. The minimum atomic E-state index is 0.636. The largest absolute Gasteiger partial charge is 0.381 e. The summed E-state index contributed by atoms with van der Waals surface area (Å²) in [6.07, 6.45) is 8.16. The zero-order chi connectivity index (χ0) is 14.5. The smallest absolute Gasteiger partial charge is 0.0983 e. The van der Waals surface area contributed by atoms with Crippen molar-refractivity contribution in [2.24, 2.45) is 13.0 Å². The number of pyridine rings is 1. The van der Waals surface area contributed by atoms with Gasteiger partial charge in [-0.25, -0.2) is 0 Å². The van der Waals surface area contributed by atoms with E-state index in [0.29, 0.717) is 5.92 Å². The Morgan fingerprint density at radius 1 is 1.48 bits per heavy atom. The third-order valence-electron chi connectivity index (χ3n) is 3.84. The normalized spacial score (nSPS) is 18.8. The summed E-state index contributed by atoms with van der Waals surface area (Å²) in [7, 11) is 1.96. The molecule has 1 N–H and O–H groups in total. The van der Waals surface area contributed by atoms with Crippen LogP contribution in [0.25, 0.3) is 11.3 Å². The van der Waals surface area contributed by atoms with Crippen LogP contribution in [0.15, 0.2) is 30.7 Å². The molecule has 1 atom stereocenters. The first-order valence-corrected chi connectivity index (χ1v) is 7.54. The maximum absolute atomic E-state index is 5.52. The highest BCUT2D eigenvalue weighted by Crippen LogP contribution is 2.21. The molecule has 21 heavy (non-hydrogen) atoms. The van der Waals surface area contributed by atoms with Crippen LogP contribution in [0.3, 0.4) is 0 Å². The predicted octanol–water partition coefficient (Wildman–Crippen LogP) is 2.00. The van der Waals surface area contributed by atoms with Crippen molar-refractivity contribution >= 4 is 0 Å². The molecule has 0 bridgehead atoms. The average Bonchev–Trinajstić information content (AvgIpc) is 2.90. The Balaban J connectivity index is 1.62. The number of rotatable bonds is 5. The van der Waals surface area contributed by atoms with E-state index in [0.717, 1.165) is 37.6 Å². The Labute approximate surface area is 125 Å². The Morgan fingerprint density at radius 2 is 2.43 bits per heavy atom. The van der Waals surface area contributed by atoms with Gasteiger partial charge in [-0.05, 0) is 30.9 Å². The van der Waals surface area contributed by atoms with Gasteiger partial charge >= 0.3 is 0 Å². The van der Waals surface area contributed by atoms with Crippen molar-refractivity contribution in [3.05, 3.63) is 36.3 Å². The molecule has 0 saturated carbocycles. The number of ether oxygens (including phenoxy) is 1. The third-order valence-corrected chi connectivity index (χ3v) is 3.84. The SMILES string of the molecule is Cn1cc(CNCC2CCCOC2)c(-c2cccnc2)n1. The molecule has 0 spiro atoms. The van der Waals surface area contributed by atoms with E-state index in [4.69, 9.17) is 4.74 Å². The van der Waals surface area contributed by atoms with Crippen LogP contribution in [-0.2, 0) is 18.3 Å². The van der Waals surface area contributed by atoms with Gasteiger partial charge in [-0.1, -0.05) is 0 Å². The van der Waals surface area contributed by atoms with Crippen LogP contribution >= 0.6 is 0 Å². The standard InChI is InChI=1S/C16H22N4O/c1-20-11-15(10-18-8-13-4-3-7-21-12-13)16(19-20)14-5-2-6-17-9-14/h2,5-6,9,11,13,18H,3-4,7-8,10,12H2,1H3. The summed E-state index contributed by atoms with van der Waals surface area (Å²) >= 11 is 0. The lowest BCUT2D eigenvalue weighted by Crippen LogP contribution is -2.28. The summed E-state index contributed by atoms with van der Waals surface area (Å²) in [6.45, 7) is 3.63. The van der Waals surface area contributed by atoms with E-state index in [1.165, 1.54) is 18.4 Å². The van der Waals surface area contributed by atoms with Crippen LogP contribution in [0, 0.1) is 5.92 Å². The fourth-order valence-corrected chi connectivity index (χ4v) is 2.79. The lowest BCUT2D eigenvalue weighted by atomic mass is 10.0. The molecule has 0 radical (unpaired) electrons. The number of nitrogens with zero attached hydrogens (tertiary/aromatic N) is 3. The zero-order valence-electron chi connectivity index (χ0n) is 12.5. The maximum atomic E-state index is 5.52. The molecule has 1 aliphatic rings. The van der Waals surface area contributed by atoms with Crippen molar-refractivity contribution in [3.63, 3.8) is 0 Å². The van der Waals surface area contributed by atoms with Crippen molar-refractivity contribution in [2.75, 3.05) is 19.8 Å². The van der Waals surface area contributed by atoms with E-state index in [2.05, 4.69) is 21.6 Å². The number of hydrogen-bond donors (Lipinski definition) is 1. The van der Waals surface area contributed by atoms with E-state index < -0.39 is 0 Å². The van der Waals surface area contributed by atoms with Gasteiger partial charge in [0.25, 0.3) is 0 Å². The number of nitrogens with one attached hydrogen (secondary N) is 1. The van der Waals surface area contributed by atoms with E-state index in [1.807, 2.05) is 30.1 Å². The summed E-state index contributed by atoms with van der Waals surface area (Å²) in [5.74, 6) is 0.636. The highest BCUT2D eigenvalue weighted by atomic mass is 16.5. The van der Waals surface area contributed by atoms with Gasteiger partial charge in [0.15, 0.2) is 0 Å². The van der Waals surface area contributed by atoms with E-state index in [9.17, 15) is 0 Å². The van der Waals surface area contributed by atoms with Gasteiger partial charge in [-0.15, -0.1) is 0 Å². The highest BCUT2D eigenvalue weighted by molar-refractivity contribution is 5.61.